The Morgan fingerprint density at radius 1 is 1.23 bits per heavy atom. The lowest BCUT2D eigenvalue weighted by atomic mass is 9.98. The topological polar surface area (TPSA) is 71.0 Å². The number of carbonyl (C=O) groups excluding carboxylic acids is 1. The average molecular weight is 408 g/mol. The van der Waals surface area contributed by atoms with E-state index in [-0.39, 0.29) is 11.7 Å². The van der Waals surface area contributed by atoms with E-state index in [1.54, 1.807) is 19.2 Å². The second-order valence-electron chi connectivity index (χ2n) is 7.61. The molecule has 1 atom stereocenters. The largest absolute Gasteiger partial charge is 0.507 e. The molecule has 30 heavy (non-hydrogen) atoms. The summed E-state index contributed by atoms with van der Waals surface area (Å²) in [5.74, 6) is 1.19. The molecule has 1 fully saturated rings. The van der Waals surface area contributed by atoms with Gasteiger partial charge in [-0.3, -0.25) is 4.79 Å². The molecule has 0 spiro atoms. The number of piperidine rings is 1. The van der Waals surface area contributed by atoms with Crippen molar-refractivity contribution in [1.29, 1.82) is 0 Å². The van der Waals surface area contributed by atoms with Crippen LogP contribution in [-0.2, 0) is 4.79 Å². The second kappa shape index (κ2) is 8.69. The van der Waals surface area contributed by atoms with Crippen LogP contribution in [0.15, 0.2) is 36.4 Å². The van der Waals surface area contributed by atoms with Gasteiger partial charge in [0.2, 0.25) is 0 Å². The molecule has 2 aromatic rings. The summed E-state index contributed by atoms with van der Waals surface area (Å²) in [7, 11) is 1.61. The Labute approximate surface area is 176 Å². The number of benzene rings is 2. The molecule has 2 aromatic carbocycles. The highest BCUT2D eigenvalue weighted by Crippen LogP contribution is 2.37. The number of nitrogens with zero attached hydrogens (tertiary/aromatic N) is 1. The summed E-state index contributed by atoms with van der Waals surface area (Å²) in [6.45, 7) is 4.27. The lowest BCUT2D eigenvalue weighted by Gasteiger charge is -2.24. The fourth-order valence-electron chi connectivity index (χ4n) is 4.23. The van der Waals surface area contributed by atoms with Crippen LogP contribution in [0.4, 0.5) is 0 Å². The Morgan fingerprint density at radius 2 is 2.00 bits per heavy atom. The summed E-state index contributed by atoms with van der Waals surface area (Å²) in [6.07, 6.45) is 4.83. The van der Waals surface area contributed by atoms with Crippen LogP contribution >= 0.6 is 0 Å². The first kappa shape index (κ1) is 20.1. The molecule has 0 bridgehead atoms. The number of phenolic OH excluding ortho intramolecular Hbond substituents is 1. The normalized spacial score (nSPS) is 18.7. The van der Waals surface area contributed by atoms with Gasteiger partial charge in [-0.15, -0.1) is 0 Å². The maximum Gasteiger partial charge on any atom is 0.252 e. The number of carbonyl (C=O) groups is 1. The Morgan fingerprint density at radius 3 is 2.73 bits per heavy atom. The van der Waals surface area contributed by atoms with E-state index in [1.165, 1.54) is 6.42 Å². The van der Waals surface area contributed by atoms with Crippen molar-refractivity contribution in [3.05, 3.63) is 52.4 Å². The van der Waals surface area contributed by atoms with E-state index in [4.69, 9.17) is 9.47 Å². The molecule has 6 nitrogen and oxygen atoms in total. The van der Waals surface area contributed by atoms with Gasteiger partial charge in [-0.05, 0) is 44.4 Å². The molecule has 0 radical (unpaired) electrons. The Bertz CT molecular complexity index is 1060. The Hall–Kier alpha value is -3.15. The fraction of sp³-hybridized carbons (Fsp3) is 0.375. The van der Waals surface area contributed by atoms with Crippen LogP contribution in [-0.4, -0.2) is 42.7 Å². The van der Waals surface area contributed by atoms with E-state index >= 15 is 0 Å². The summed E-state index contributed by atoms with van der Waals surface area (Å²) >= 11 is 0. The number of hydrogen-bond donors (Lipinski definition) is 2. The highest BCUT2D eigenvalue weighted by atomic mass is 16.5. The third kappa shape index (κ3) is 3.70. The number of nitrogens with one attached hydrogen (secondary N) is 1. The molecular weight excluding hydrogens is 380 g/mol. The molecule has 158 valence electrons. The molecule has 1 saturated heterocycles. The molecule has 2 heterocycles. The first-order chi connectivity index (χ1) is 14.6. The van der Waals surface area contributed by atoms with Crippen LogP contribution in [0.2, 0.25) is 0 Å². The van der Waals surface area contributed by atoms with Gasteiger partial charge in [-0.25, -0.2) is 0 Å². The third-order valence-electron chi connectivity index (χ3n) is 5.67. The van der Waals surface area contributed by atoms with Gasteiger partial charge in [0.05, 0.1) is 12.7 Å². The number of rotatable bonds is 5. The molecule has 6 heteroatoms. The molecule has 1 unspecified atom stereocenters. The van der Waals surface area contributed by atoms with Crippen LogP contribution in [0.5, 0.6) is 17.2 Å². The van der Waals surface area contributed by atoms with Crippen molar-refractivity contribution in [2.24, 2.45) is 0 Å². The van der Waals surface area contributed by atoms with Crippen molar-refractivity contribution in [2.75, 3.05) is 26.7 Å². The van der Waals surface area contributed by atoms with E-state index in [2.05, 4.69) is 10.2 Å². The van der Waals surface area contributed by atoms with E-state index in [0.29, 0.717) is 34.1 Å². The maximum atomic E-state index is 13.2. The molecule has 0 aromatic heterocycles. The molecule has 0 saturated carbocycles. The zero-order chi connectivity index (χ0) is 21.1. The van der Waals surface area contributed by atoms with Crippen molar-refractivity contribution in [1.82, 2.24) is 10.2 Å². The first-order valence-corrected chi connectivity index (χ1v) is 10.5. The number of ether oxygens (including phenoxy) is 2. The molecule has 1 amide bonds. The quantitative estimate of drug-likeness (QED) is 0.792. The van der Waals surface area contributed by atoms with Crippen molar-refractivity contribution in [2.45, 2.75) is 32.3 Å². The number of hydrogen-bond acceptors (Lipinski definition) is 5. The summed E-state index contributed by atoms with van der Waals surface area (Å²) < 4.78 is 11.8. The fourth-order valence-corrected chi connectivity index (χ4v) is 4.23. The average Bonchev–Trinajstić information content (AvgIpc) is 3.16. The summed E-state index contributed by atoms with van der Waals surface area (Å²) in [4.78, 5) is 15.4. The van der Waals surface area contributed by atoms with Crippen molar-refractivity contribution < 1.29 is 19.4 Å². The van der Waals surface area contributed by atoms with Crippen LogP contribution in [0, 0.1) is 0 Å². The lowest BCUT2D eigenvalue weighted by molar-refractivity contribution is -0.116. The molecule has 2 aliphatic rings. The predicted molar refractivity (Wildman–Crippen MR) is 116 cm³/mol. The highest BCUT2D eigenvalue weighted by molar-refractivity contribution is 6.16. The van der Waals surface area contributed by atoms with E-state index < -0.39 is 6.10 Å². The van der Waals surface area contributed by atoms with Gasteiger partial charge in [0.15, 0.2) is 6.10 Å². The first-order valence-electron chi connectivity index (χ1n) is 10.5. The van der Waals surface area contributed by atoms with Crippen molar-refractivity contribution in [3.63, 3.8) is 0 Å². The maximum absolute atomic E-state index is 13.2. The van der Waals surface area contributed by atoms with Crippen LogP contribution in [0.3, 0.4) is 0 Å². The minimum atomic E-state index is -0.613. The SMILES string of the molecule is CCNC(=O)C1=c2c(ccc(O)c2=CN2CCCCC2)OC1c1ccccc1OC. The summed E-state index contributed by atoms with van der Waals surface area (Å²) in [5.41, 5.74) is 1.27. The minimum absolute atomic E-state index is 0.144. The minimum Gasteiger partial charge on any atom is -0.507 e. The number of aromatic hydroxyl groups is 1. The number of fused-ring (bicyclic) bond motifs is 1. The standard InChI is InChI=1S/C24H28N2O4/c1-3-25-24(28)22-21-17(15-26-13-7-4-8-14-26)18(27)11-12-20(21)30-23(22)16-9-5-6-10-19(16)29-2/h5-6,9-12,15,23,27H,3-4,7-8,13-14H2,1-2H3,(H,25,28). The monoisotopic (exact) mass is 408 g/mol. The van der Waals surface area contributed by atoms with Crippen LogP contribution < -0.4 is 25.2 Å². The zero-order valence-corrected chi connectivity index (χ0v) is 17.5. The van der Waals surface area contributed by atoms with E-state index in [1.807, 2.05) is 37.4 Å². The molecule has 0 aliphatic carbocycles. The van der Waals surface area contributed by atoms with Gasteiger partial charge in [-0.2, -0.15) is 0 Å². The Balaban J connectivity index is 1.96. The number of methoxy groups -OCH3 is 1. The van der Waals surface area contributed by atoms with Gasteiger partial charge >= 0.3 is 0 Å². The second-order valence-corrected chi connectivity index (χ2v) is 7.61. The van der Waals surface area contributed by atoms with Gasteiger partial charge < -0.3 is 24.8 Å². The van der Waals surface area contributed by atoms with Gasteiger partial charge in [0.25, 0.3) is 5.91 Å². The third-order valence-corrected chi connectivity index (χ3v) is 5.67. The number of phenols is 1. The summed E-state index contributed by atoms with van der Waals surface area (Å²) in [6, 6.07) is 10.9. The van der Waals surface area contributed by atoms with Crippen LogP contribution in [0.25, 0.3) is 11.8 Å². The smallest absolute Gasteiger partial charge is 0.252 e. The molecule has 2 N–H and O–H groups in total. The highest BCUT2D eigenvalue weighted by Gasteiger charge is 2.34. The van der Waals surface area contributed by atoms with Crippen molar-refractivity contribution in [3.8, 4) is 17.2 Å². The van der Waals surface area contributed by atoms with Gasteiger partial charge in [-0.1, -0.05) is 18.2 Å². The molecule has 2 aliphatic heterocycles. The number of amides is 1. The molecular formula is C24H28N2O4. The predicted octanol–water partition coefficient (Wildman–Crippen LogP) is 2.05. The lowest BCUT2D eigenvalue weighted by Crippen LogP contribution is -2.36. The van der Waals surface area contributed by atoms with E-state index in [9.17, 15) is 9.90 Å². The van der Waals surface area contributed by atoms with Gasteiger partial charge in [0.1, 0.15) is 17.2 Å². The van der Waals surface area contributed by atoms with Crippen LogP contribution in [0.1, 0.15) is 37.9 Å². The van der Waals surface area contributed by atoms with Crippen molar-refractivity contribution >= 4 is 17.7 Å². The summed E-state index contributed by atoms with van der Waals surface area (Å²) in [5, 5.41) is 14.9. The number of likely N-dealkylation sites (tertiary alicyclic amines) is 1. The van der Waals surface area contributed by atoms with Gasteiger partial charge in [0, 0.05) is 41.8 Å². The van der Waals surface area contributed by atoms with E-state index in [0.717, 1.165) is 31.5 Å². The number of para-hydroxylation sites is 1. The zero-order valence-electron chi connectivity index (χ0n) is 17.5. The molecule has 4 rings (SSSR count). The Kier molecular flexibility index (Phi) is 5.84.